The molecule has 15 heteroatoms. The number of amides is 2. The predicted octanol–water partition coefficient (Wildman–Crippen LogP) is 2.90. The lowest BCUT2D eigenvalue weighted by Crippen LogP contribution is -2.26. The number of nitrogens with zero attached hydrogens (tertiary/aromatic N) is 1. The summed E-state index contributed by atoms with van der Waals surface area (Å²) in [5.41, 5.74) is 0.301. The van der Waals surface area contributed by atoms with Crippen molar-refractivity contribution in [3.63, 3.8) is 0 Å². The molecule has 0 heterocycles. The maximum atomic E-state index is 12.0. The topological polar surface area (TPSA) is 178 Å². The highest BCUT2D eigenvalue weighted by molar-refractivity contribution is 6.42. The molecule has 1 rings (SSSR count). The van der Waals surface area contributed by atoms with Crippen LogP contribution in [0, 0.1) is 0 Å². The lowest BCUT2D eigenvalue weighted by molar-refractivity contribution is -0.121. The zero-order chi connectivity index (χ0) is 28.1. The molecule has 3 N–H and O–H groups in total. The number of nitrogens with one attached hydrogen (secondary N) is 1. The average molecular weight is 555 g/mol. The zero-order valence-electron chi connectivity index (χ0n) is 19.9. The van der Waals surface area contributed by atoms with Crippen molar-refractivity contribution in [3.8, 4) is 0 Å². The normalized spacial score (nSPS) is 10.4. The van der Waals surface area contributed by atoms with Gasteiger partial charge >= 0.3 is 18.3 Å². The van der Waals surface area contributed by atoms with Crippen molar-refractivity contribution >= 4 is 53.8 Å². The average Bonchev–Trinajstić information content (AvgIpc) is 2.85. The van der Waals surface area contributed by atoms with E-state index in [2.05, 4.69) is 9.47 Å². The Morgan fingerprint density at radius 1 is 1.06 bits per heavy atom. The van der Waals surface area contributed by atoms with Gasteiger partial charge in [0.15, 0.2) is 0 Å². The van der Waals surface area contributed by atoms with Gasteiger partial charge in [0.25, 0.3) is 5.91 Å². The highest BCUT2D eigenvalue weighted by Gasteiger charge is 2.14. The van der Waals surface area contributed by atoms with Crippen molar-refractivity contribution in [3.05, 3.63) is 46.1 Å². The number of carbonyl (C=O) groups is 5. The Labute approximate surface area is 217 Å². The molecule has 0 radical (unpaired) electrons. The number of carboxylic acid groups (broad SMARTS) is 2. The maximum absolute atomic E-state index is 12.0. The maximum Gasteiger partial charge on any atom is 0.505 e. The van der Waals surface area contributed by atoms with Crippen LogP contribution >= 0.6 is 23.2 Å². The second-order valence-corrected chi connectivity index (χ2v) is 7.05. The van der Waals surface area contributed by atoms with Gasteiger partial charge in [-0.3, -0.25) is 14.9 Å². The van der Waals surface area contributed by atoms with Crippen molar-refractivity contribution in [2.24, 2.45) is 0 Å². The first-order valence-electron chi connectivity index (χ1n) is 9.73. The minimum Gasteiger partial charge on any atom is -0.459 e. The van der Waals surface area contributed by atoms with Crippen molar-refractivity contribution in [2.75, 3.05) is 41.5 Å². The van der Waals surface area contributed by atoms with Crippen LogP contribution in [-0.2, 0) is 28.5 Å². The Balaban J connectivity index is 0. The van der Waals surface area contributed by atoms with Crippen molar-refractivity contribution in [1.29, 1.82) is 0 Å². The van der Waals surface area contributed by atoms with Gasteiger partial charge in [0, 0.05) is 33.0 Å². The van der Waals surface area contributed by atoms with E-state index in [4.69, 9.17) is 52.5 Å². The summed E-state index contributed by atoms with van der Waals surface area (Å²) in [6.07, 6.45) is 0.835. The summed E-state index contributed by atoms with van der Waals surface area (Å²) in [7, 11) is 5.48. The molecule has 2 amide bonds. The van der Waals surface area contributed by atoms with Gasteiger partial charge in [-0.2, -0.15) is 0 Å². The predicted molar refractivity (Wildman–Crippen MR) is 128 cm³/mol. The smallest absolute Gasteiger partial charge is 0.459 e. The van der Waals surface area contributed by atoms with Gasteiger partial charge in [0.2, 0.25) is 6.41 Å². The molecule has 13 nitrogen and oxygen atoms in total. The third kappa shape index (κ3) is 18.8. The van der Waals surface area contributed by atoms with E-state index in [1.807, 2.05) is 5.32 Å². The number of methoxy groups -OCH3 is 3. The quantitative estimate of drug-likeness (QED) is 0.167. The molecule has 1 aromatic rings. The van der Waals surface area contributed by atoms with E-state index in [0.717, 1.165) is 14.2 Å². The molecule has 0 aliphatic rings. The highest BCUT2D eigenvalue weighted by atomic mass is 35.5. The van der Waals surface area contributed by atoms with E-state index >= 15 is 0 Å². The number of benzene rings is 1. The number of halogens is 2. The minimum atomic E-state index is -1.25. The molecule has 0 saturated heterocycles. The van der Waals surface area contributed by atoms with Crippen LogP contribution < -0.4 is 5.32 Å². The lowest BCUT2D eigenvalue weighted by Gasteiger charge is -2.19. The summed E-state index contributed by atoms with van der Waals surface area (Å²) in [5.74, 6) is -1.03. The van der Waals surface area contributed by atoms with Crippen LogP contribution in [0.25, 0.3) is 0 Å². The number of hydrogen-bond donors (Lipinski definition) is 3. The second kappa shape index (κ2) is 20.8. The fraction of sp³-hybridized carbons (Fsp3) is 0.381. The molecule has 1 aromatic carbocycles. The Hall–Kier alpha value is -3.55. The summed E-state index contributed by atoms with van der Waals surface area (Å²) < 4.78 is 17.9. The number of carbonyl (C=O) groups excluding carboxylic acids is 3. The van der Waals surface area contributed by atoms with Gasteiger partial charge in [0.05, 0.1) is 35.9 Å². The van der Waals surface area contributed by atoms with Crippen molar-refractivity contribution in [2.45, 2.75) is 12.5 Å². The van der Waals surface area contributed by atoms with Gasteiger partial charge in [-0.15, -0.1) is 0 Å². The Bertz CT molecular complexity index is 867. The molecule has 0 aliphatic heterocycles. The number of imide groups is 1. The van der Waals surface area contributed by atoms with Crippen LogP contribution in [-0.4, -0.2) is 93.3 Å². The Morgan fingerprint density at radius 3 is 2.06 bits per heavy atom. The van der Waals surface area contributed by atoms with E-state index in [9.17, 15) is 14.4 Å². The standard InChI is InChI=1S/C17H20Cl2N2O5.2C2H4O3/c1-21(8-6-16(23)20-11-22)7-5-13(25-2)10-26-17(24)12-3-4-14(18)15(19)9-12;2*1-5-2(3)4/h3-4,6,8-9,11,13H,5,7,10H2,1-2H3,(H,20,22,23);2*1H3,(H,3,4)/b8-6-;;. The van der Waals surface area contributed by atoms with Gasteiger partial charge in [-0.25, -0.2) is 14.4 Å². The summed E-state index contributed by atoms with van der Waals surface area (Å²) in [6, 6.07) is 4.49. The summed E-state index contributed by atoms with van der Waals surface area (Å²) >= 11 is 11.7. The first-order valence-corrected chi connectivity index (χ1v) is 10.5. The molecule has 0 aliphatic carbocycles. The van der Waals surface area contributed by atoms with E-state index in [1.54, 1.807) is 11.9 Å². The number of rotatable bonds is 10. The highest BCUT2D eigenvalue weighted by Crippen LogP contribution is 2.23. The third-order valence-electron chi connectivity index (χ3n) is 3.72. The van der Waals surface area contributed by atoms with E-state index in [-0.39, 0.29) is 17.7 Å². The van der Waals surface area contributed by atoms with Gasteiger partial charge in [-0.1, -0.05) is 23.2 Å². The first-order chi connectivity index (χ1) is 16.9. The van der Waals surface area contributed by atoms with Crippen LogP contribution in [0.2, 0.25) is 10.0 Å². The molecule has 202 valence electrons. The molecule has 0 fully saturated rings. The van der Waals surface area contributed by atoms with Gasteiger partial charge < -0.3 is 34.1 Å². The zero-order valence-corrected chi connectivity index (χ0v) is 21.4. The lowest BCUT2D eigenvalue weighted by atomic mass is 10.2. The molecule has 1 unspecified atom stereocenters. The van der Waals surface area contributed by atoms with Gasteiger partial charge in [-0.05, 0) is 24.6 Å². The SMILES string of the molecule is COC(=O)O.COC(=O)O.COC(CCN(C)/C=C\C(=O)NC=O)COC(=O)c1ccc(Cl)c(Cl)c1. The summed E-state index contributed by atoms with van der Waals surface area (Å²) in [4.78, 5) is 53.3. The molecular formula is C21H28Cl2N2O11. The Morgan fingerprint density at radius 2 is 1.61 bits per heavy atom. The number of ether oxygens (including phenoxy) is 4. The van der Waals surface area contributed by atoms with E-state index in [0.29, 0.717) is 30.0 Å². The number of hydrogen-bond acceptors (Lipinski definition) is 10. The van der Waals surface area contributed by atoms with Crippen LogP contribution in [0.5, 0.6) is 0 Å². The summed E-state index contributed by atoms with van der Waals surface area (Å²) in [5, 5.41) is 17.6. The monoisotopic (exact) mass is 554 g/mol. The molecule has 36 heavy (non-hydrogen) atoms. The minimum absolute atomic E-state index is 0.0682. The van der Waals surface area contributed by atoms with Crippen molar-refractivity contribution in [1.82, 2.24) is 10.2 Å². The largest absolute Gasteiger partial charge is 0.505 e. The summed E-state index contributed by atoms with van der Waals surface area (Å²) in [6.45, 7) is 0.618. The molecular weight excluding hydrogens is 527 g/mol. The number of esters is 1. The fourth-order valence-electron chi connectivity index (χ4n) is 1.87. The third-order valence-corrected chi connectivity index (χ3v) is 4.46. The molecule has 0 saturated carbocycles. The van der Waals surface area contributed by atoms with E-state index < -0.39 is 24.2 Å². The van der Waals surface area contributed by atoms with Crippen LogP contribution in [0.15, 0.2) is 30.5 Å². The molecule has 1 atom stereocenters. The van der Waals surface area contributed by atoms with Crippen LogP contribution in [0.3, 0.4) is 0 Å². The first kappa shape index (κ1) is 34.6. The molecule has 0 bridgehead atoms. The van der Waals surface area contributed by atoms with Gasteiger partial charge in [0.1, 0.15) is 6.61 Å². The van der Waals surface area contributed by atoms with Crippen LogP contribution in [0.4, 0.5) is 9.59 Å². The second-order valence-electron chi connectivity index (χ2n) is 6.24. The Kier molecular flexibility index (Phi) is 20.0. The molecule has 0 spiro atoms. The fourth-order valence-corrected chi connectivity index (χ4v) is 2.17. The molecule has 0 aromatic heterocycles. The van der Waals surface area contributed by atoms with Crippen molar-refractivity contribution < 1.29 is 53.1 Å². The van der Waals surface area contributed by atoms with Crippen LogP contribution in [0.1, 0.15) is 16.8 Å². The van der Waals surface area contributed by atoms with E-state index in [1.165, 1.54) is 37.6 Å².